The molecular weight excluding hydrogens is 397 g/mol. The Balaban J connectivity index is 1.61. The minimum atomic E-state index is -4.56. The summed E-state index contributed by atoms with van der Waals surface area (Å²) in [7, 11) is -3.54. The zero-order valence-electron chi connectivity index (χ0n) is 14.5. The van der Waals surface area contributed by atoms with Gasteiger partial charge in [-0.15, -0.1) is 0 Å². The number of aromatic nitrogens is 1. The van der Waals surface area contributed by atoms with Crippen molar-refractivity contribution in [3.63, 3.8) is 0 Å². The van der Waals surface area contributed by atoms with E-state index in [0.717, 1.165) is 31.2 Å². The Morgan fingerprint density at radius 3 is 2.07 bits per heavy atom. The first-order valence-corrected chi connectivity index (χ1v) is 9.82. The molecule has 0 aliphatic carbocycles. The van der Waals surface area contributed by atoms with Gasteiger partial charge in [0, 0.05) is 18.8 Å². The standard InChI is InChI=1S/C17H17F3N4O3S/c18-17(19,20)15-8-5-13(11-21-15)23-16(25)22-12-3-6-14(7-4-12)28(26,27)24-9-1-2-10-24/h3-8,11H,1-2,9-10H2,(H2,22,23,25). The summed E-state index contributed by atoms with van der Waals surface area (Å²) in [5, 5.41) is 4.83. The van der Waals surface area contributed by atoms with Gasteiger partial charge in [-0.3, -0.25) is 0 Å². The molecule has 1 aliphatic rings. The summed E-state index contributed by atoms with van der Waals surface area (Å²) in [6, 6.07) is 6.80. The number of benzene rings is 1. The summed E-state index contributed by atoms with van der Waals surface area (Å²) in [6.07, 6.45) is -2.00. The van der Waals surface area contributed by atoms with E-state index in [1.54, 1.807) is 0 Å². The van der Waals surface area contributed by atoms with Crippen molar-refractivity contribution in [2.75, 3.05) is 23.7 Å². The second-order valence-electron chi connectivity index (χ2n) is 6.14. The average molecular weight is 414 g/mol. The van der Waals surface area contributed by atoms with E-state index in [1.807, 2.05) is 0 Å². The number of sulfonamides is 1. The van der Waals surface area contributed by atoms with Crippen LogP contribution in [0.5, 0.6) is 0 Å². The van der Waals surface area contributed by atoms with Crippen LogP contribution in [0.25, 0.3) is 0 Å². The third-order valence-corrected chi connectivity index (χ3v) is 6.04. The second kappa shape index (κ2) is 7.76. The maximum absolute atomic E-state index is 12.5. The lowest BCUT2D eigenvalue weighted by molar-refractivity contribution is -0.141. The number of alkyl halides is 3. The molecular formula is C17H17F3N4O3S. The molecule has 7 nitrogen and oxygen atoms in total. The summed E-state index contributed by atoms with van der Waals surface area (Å²) in [5.74, 6) is 0. The quantitative estimate of drug-likeness (QED) is 0.801. The topological polar surface area (TPSA) is 91.4 Å². The van der Waals surface area contributed by atoms with Crippen molar-refractivity contribution in [1.29, 1.82) is 0 Å². The maximum Gasteiger partial charge on any atom is 0.433 e. The Kier molecular flexibility index (Phi) is 5.57. The smallest absolute Gasteiger partial charge is 0.308 e. The molecule has 0 unspecified atom stereocenters. The van der Waals surface area contributed by atoms with E-state index in [-0.39, 0.29) is 10.6 Å². The molecule has 28 heavy (non-hydrogen) atoms. The van der Waals surface area contributed by atoms with Crippen molar-refractivity contribution >= 4 is 27.4 Å². The van der Waals surface area contributed by atoms with Crippen LogP contribution in [0.4, 0.5) is 29.3 Å². The Morgan fingerprint density at radius 1 is 0.964 bits per heavy atom. The van der Waals surface area contributed by atoms with Gasteiger partial charge in [-0.2, -0.15) is 17.5 Å². The molecule has 2 amide bonds. The minimum absolute atomic E-state index is 0.0822. The highest BCUT2D eigenvalue weighted by Gasteiger charge is 2.32. The highest BCUT2D eigenvalue weighted by molar-refractivity contribution is 7.89. The maximum atomic E-state index is 12.5. The van der Waals surface area contributed by atoms with Gasteiger partial charge in [0.1, 0.15) is 5.69 Å². The number of carbonyl (C=O) groups excluding carboxylic acids is 1. The molecule has 0 bridgehead atoms. The van der Waals surface area contributed by atoms with Crippen LogP contribution in [0.2, 0.25) is 0 Å². The lowest BCUT2D eigenvalue weighted by Gasteiger charge is -2.15. The predicted octanol–water partition coefficient (Wildman–Crippen LogP) is 3.53. The molecule has 1 aromatic heterocycles. The van der Waals surface area contributed by atoms with Crippen molar-refractivity contribution in [1.82, 2.24) is 9.29 Å². The predicted molar refractivity (Wildman–Crippen MR) is 96.3 cm³/mol. The molecule has 3 rings (SSSR count). The fraction of sp³-hybridized carbons (Fsp3) is 0.294. The number of hydrogen-bond donors (Lipinski definition) is 2. The molecule has 0 atom stereocenters. The van der Waals surface area contributed by atoms with Crippen LogP contribution in [0.3, 0.4) is 0 Å². The van der Waals surface area contributed by atoms with Crippen LogP contribution in [0.15, 0.2) is 47.5 Å². The first-order valence-electron chi connectivity index (χ1n) is 8.38. The van der Waals surface area contributed by atoms with Gasteiger partial charge in [-0.1, -0.05) is 0 Å². The first kappa shape index (κ1) is 20.1. The molecule has 1 aliphatic heterocycles. The highest BCUT2D eigenvalue weighted by Crippen LogP contribution is 2.28. The number of nitrogens with zero attached hydrogens (tertiary/aromatic N) is 2. The lowest BCUT2D eigenvalue weighted by Crippen LogP contribution is -2.27. The third-order valence-electron chi connectivity index (χ3n) is 4.13. The van der Waals surface area contributed by atoms with Gasteiger partial charge >= 0.3 is 12.2 Å². The van der Waals surface area contributed by atoms with Crippen molar-refractivity contribution in [3.05, 3.63) is 48.3 Å². The van der Waals surface area contributed by atoms with Gasteiger partial charge in [-0.05, 0) is 49.2 Å². The number of pyridine rings is 1. The number of carbonyl (C=O) groups is 1. The van der Waals surface area contributed by atoms with E-state index in [4.69, 9.17) is 0 Å². The van der Waals surface area contributed by atoms with Crippen molar-refractivity contribution in [2.24, 2.45) is 0 Å². The van der Waals surface area contributed by atoms with Crippen LogP contribution >= 0.6 is 0 Å². The number of amides is 2. The number of nitrogens with one attached hydrogen (secondary N) is 2. The molecule has 0 radical (unpaired) electrons. The van der Waals surface area contributed by atoms with Gasteiger partial charge in [0.05, 0.1) is 16.8 Å². The van der Waals surface area contributed by atoms with E-state index in [1.165, 1.54) is 28.6 Å². The normalized spacial score (nSPS) is 15.4. The summed E-state index contributed by atoms with van der Waals surface area (Å²) in [4.78, 5) is 15.3. The number of hydrogen-bond acceptors (Lipinski definition) is 4. The SMILES string of the molecule is O=C(Nc1ccc(S(=O)(=O)N2CCCC2)cc1)Nc1ccc(C(F)(F)F)nc1. The fourth-order valence-electron chi connectivity index (χ4n) is 2.72. The van der Waals surface area contributed by atoms with Crippen LogP contribution in [-0.4, -0.2) is 36.8 Å². The number of rotatable bonds is 4. The van der Waals surface area contributed by atoms with E-state index >= 15 is 0 Å². The third kappa shape index (κ3) is 4.60. The van der Waals surface area contributed by atoms with Crippen LogP contribution in [0, 0.1) is 0 Å². The molecule has 150 valence electrons. The monoisotopic (exact) mass is 414 g/mol. The van der Waals surface area contributed by atoms with Gasteiger partial charge in [-0.25, -0.2) is 18.2 Å². The summed E-state index contributed by atoms with van der Waals surface area (Å²) in [5.41, 5.74) is -0.648. The zero-order chi connectivity index (χ0) is 20.4. The second-order valence-corrected chi connectivity index (χ2v) is 8.08. The largest absolute Gasteiger partial charge is 0.433 e. The van der Waals surface area contributed by atoms with Gasteiger partial charge < -0.3 is 10.6 Å². The highest BCUT2D eigenvalue weighted by atomic mass is 32.2. The molecule has 1 saturated heterocycles. The Hall–Kier alpha value is -2.66. The summed E-state index contributed by atoms with van der Waals surface area (Å²) in [6.45, 7) is 0.984. The van der Waals surface area contributed by atoms with Crippen molar-refractivity contribution < 1.29 is 26.4 Å². The average Bonchev–Trinajstić information content (AvgIpc) is 3.17. The van der Waals surface area contributed by atoms with Gasteiger partial charge in [0.2, 0.25) is 10.0 Å². The molecule has 0 spiro atoms. The van der Waals surface area contributed by atoms with Gasteiger partial charge in [0.25, 0.3) is 0 Å². The number of urea groups is 1. The summed E-state index contributed by atoms with van der Waals surface area (Å²) < 4.78 is 63.7. The minimum Gasteiger partial charge on any atom is -0.308 e. The van der Waals surface area contributed by atoms with Crippen LogP contribution in [0.1, 0.15) is 18.5 Å². The molecule has 2 N–H and O–H groups in total. The lowest BCUT2D eigenvalue weighted by atomic mass is 10.3. The Bertz CT molecular complexity index is 939. The molecule has 11 heteroatoms. The van der Waals surface area contributed by atoms with Crippen molar-refractivity contribution in [3.8, 4) is 0 Å². The Morgan fingerprint density at radius 2 is 1.54 bits per heavy atom. The number of halogens is 3. The van der Waals surface area contributed by atoms with E-state index in [2.05, 4.69) is 15.6 Å². The molecule has 1 aromatic carbocycles. The molecule has 2 aromatic rings. The van der Waals surface area contributed by atoms with Crippen LogP contribution in [-0.2, 0) is 16.2 Å². The molecule has 1 fully saturated rings. The fourth-order valence-corrected chi connectivity index (χ4v) is 4.23. The summed E-state index contributed by atoms with van der Waals surface area (Å²) >= 11 is 0. The van der Waals surface area contributed by atoms with Crippen LogP contribution < -0.4 is 10.6 Å². The van der Waals surface area contributed by atoms with E-state index < -0.39 is 27.9 Å². The zero-order valence-corrected chi connectivity index (χ0v) is 15.3. The first-order chi connectivity index (χ1) is 13.2. The Labute approximate surface area is 159 Å². The van der Waals surface area contributed by atoms with E-state index in [0.29, 0.717) is 18.8 Å². The molecule has 0 saturated carbocycles. The van der Waals surface area contributed by atoms with E-state index in [9.17, 15) is 26.4 Å². The number of anilines is 2. The van der Waals surface area contributed by atoms with Crippen molar-refractivity contribution in [2.45, 2.75) is 23.9 Å². The molecule has 2 heterocycles. The van der Waals surface area contributed by atoms with Gasteiger partial charge in [0.15, 0.2) is 0 Å².